The fourth-order valence-corrected chi connectivity index (χ4v) is 4.22. The van der Waals surface area contributed by atoms with E-state index in [4.69, 9.17) is 0 Å². The van der Waals surface area contributed by atoms with E-state index in [1.165, 1.54) is 18.4 Å². The number of pyridine rings is 1. The molecule has 1 aliphatic rings. The zero-order valence-electron chi connectivity index (χ0n) is 18.0. The topological polar surface area (TPSA) is 85.9 Å². The number of likely N-dealkylation sites (tertiary alicyclic amines) is 1. The van der Waals surface area contributed by atoms with Crippen molar-refractivity contribution in [2.45, 2.75) is 18.8 Å². The minimum Gasteiger partial charge on any atom is -0.340 e. The lowest BCUT2D eigenvalue weighted by Gasteiger charge is -2.29. The van der Waals surface area contributed by atoms with Gasteiger partial charge in [-0.1, -0.05) is 12.1 Å². The van der Waals surface area contributed by atoms with Crippen molar-refractivity contribution >= 4 is 34.0 Å². The van der Waals surface area contributed by atoms with Gasteiger partial charge in [0, 0.05) is 23.0 Å². The second kappa shape index (κ2) is 8.80. The quantitative estimate of drug-likeness (QED) is 0.428. The van der Waals surface area contributed by atoms with Crippen LogP contribution in [0.3, 0.4) is 0 Å². The minimum absolute atomic E-state index is 0.199. The monoisotopic (exact) mass is 426 g/mol. The van der Waals surface area contributed by atoms with Crippen LogP contribution < -0.4 is 10.6 Å². The number of hydrogen-bond donors (Lipinski definition) is 3. The number of nitrogens with one attached hydrogen (secondary N) is 3. The summed E-state index contributed by atoms with van der Waals surface area (Å²) in [6, 6.07) is 17.6. The molecule has 0 saturated carbocycles. The highest BCUT2D eigenvalue weighted by atomic mass is 16.1. The largest absolute Gasteiger partial charge is 0.340 e. The molecular weight excluding hydrogens is 400 g/mol. The van der Waals surface area contributed by atoms with Gasteiger partial charge in [-0.15, -0.1) is 0 Å². The molecule has 0 aliphatic carbocycles. The molecule has 3 heterocycles. The third-order valence-electron chi connectivity index (χ3n) is 6.12. The van der Waals surface area contributed by atoms with Gasteiger partial charge in [-0.3, -0.25) is 9.89 Å². The molecule has 0 bridgehead atoms. The van der Waals surface area contributed by atoms with Gasteiger partial charge in [-0.05, 0) is 86.9 Å². The van der Waals surface area contributed by atoms with Crippen LogP contribution in [0.15, 0.2) is 67.0 Å². The van der Waals surface area contributed by atoms with Gasteiger partial charge in [0.1, 0.15) is 5.82 Å². The van der Waals surface area contributed by atoms with E-state index in [9.17, 15) is 4.79 Å². The summed E-state index contributed by atoms with van der Waals surface area (Å²) in [6.07, 6.45) is 5.80. The molecule has 32 heavy (non-hydrogen) atoms. The molecule has 5 rings (SSSR count). The number of aromatic nitrogens is 3. The molecule has 0 atom stereocenters. The van der Waals surface area contributed by atoms with E-state index in [0.717, 1.165) is 35.4 Å². The molecule has 7 nitrogen and oxygen atoms in total. The van der Waals surface area contributed by atoms with Crippen LogP contribution in [0, 0.1) is 0 Å². The predicted octanol–water partition coefficient (Wildman–Crippen LogP) is 4.76. The first-order valence-corrected chi connectivity index (χ1v) is 10.9. The third kappa shape index (κ3) is 4.33. The molecule has 2 aromatic heterocycles. The van der Waals surface area contributed by atoms with Crippen LogP contribution in [0.5, 0.6) is 0 Å². The van der Waals surface area contributed by atoms with Gasteiger partial charge in [0.2, 0.25) is 0 Å². The minimum atomic E-state index is -0.199. The number of H-pyrrole nitrogens is 1. The van der Waals surface area contributed by atoms with Crippen molar-refractivity contribution in [3.05, 3.63) is 78.1 Å². The Kier molecular flexibility index (Phi) is 5.56. The maximum absolute atomic E-state index is 13.0. The highest BCUT2D eigenvalue weighted by molar-refractivity contribution is 6.07. The number of nitrogens with zero attached hydrogens (tertiary/aromatic N) is 3. The maximum Gasteiger partial charge on any atom is 0.259 e. The van der Waals surface area contributed by atoms with Gasteiger partial charge in [0.15, 0.2) is 0 Å². The van der Waals surface area contributed by atoms with E-state index in [1.807, 2.05) is 30.3 Å². The van der Waals surface area contributed by atoms with Crippen LogP contribution in [-0.4, -0.2) is 46.1 Å². The lowest BCUT2D eigenvalue weighted by molar-refractivity contribution is 0.102. The highest BCUT2D eigenvalue weighted by Gasteiger charge is 2.18. The third-order valence-corrected chi connectivity index (χ3v) is 6.12. The van der Waals surface area contributed by atoms with Crippen LogP contribution in [0.25, 0.3) is 10.9 Å². The predicted molar refractivity (Wildman–Crippen MR) is 127 cm³/mol. The summed E-state index contributed by atoms with van der Waals surface area (Å²) in [4.78, 5) is 19.8. The van der Waals surface area contributed by atoms with Gasteiger partial charge in [-0.25, -0.2) is 4.98 Å². The molecule has 3 N–H and O–H groups in total. The van der Waals surface area contributed by atoms with E-state index >= 15 is 0 Å². The Bertz CT molecular complexity index is 1220. The van der Waals surface area contributed by atoms with Crippen LogP contribution >= 0.6 is 0 Å². The second-order valence-electron chi connectivity index (χ2n) is 8.35. The Balaban J connectivity index is 1.29. The summed E-state index contributed by atoms with van der Waals surface area (Å²) in [6.45, 7) is 2.26. The van der Waals surface area contributed by atoms with Crippen molar-refractivity contribution in [2.24, 2.45) is 0 Å². The van der Waals surface area contributed by atoms with E-state index < -0.39 is 0 Å². The maximum atomic E-state index is 13.0. The molecule has 4 aromatic rings. The number of amides is 1. The average molecular weight is 427 g/mol. The number of fused-ring (bicyclic) bond motifs is 1. The number of carbonyl (C=O) groups is 1. The summed E-state index contributed by atoms with van der Waals surface area (Å²) in [5.41, 5.74) is 4.35. The second-order valence-corrected chi connectivity index (χ2v) is 8.35. The van der Waals surface area contributed by atoms with Crippen molar-refractivity contribution < 1.29 is 4.79 Å². The van der Waals surface area contributed by atoms with E-state index in [2.05, 4.69) is 49.9 Å². The molecule has 1 fully saturated rings. The van der Waals surface area contributed by atoms with Crippen molar-refractivity contribution in [1.29, 1.82) is 0 Å². The summed E-state index contributed by atoms with van der Waals surface area (Å²) in [7, 11) is 2.17. The first-order chi connectivity index (χ1) is 15.7. The Labute approximate surface area is 186 Å². The molecule has 0 spiro atoms. The normalized spacial score (nSPS) is 15.0. The summed E-state index contributed by atoms with van der Waals surface area (Å²) in [5, 5.41) is 14.3. The molecular formula is C25H26N6O. The van der Waals surface area contributed by atoms with Gasteiger partial charge in [-0.2, -0.15) is 5.10 Å². The first-order valence-electron chi connectivity index (χ1n) is 10.9. The fraction of sp³-hybridized carbons (Fsp3) is 0.240. The lowest BCUT2D eigenvalue weighted by atomic mass is 9.89. The number of rotatable bonds is 5. The summed E-state index contributed by atoms with van der Waals surface area (Å²) < 4.78 is 0. The smallest absolute Gasteiger partial charge is 0.259 e. The van der Waals surface area contributed by atoms with Crippen LogP contribution in [0.4, 0.5) is 17.2 Å². The first kappa shape index (κ1) is 20.2. The molecule has 1 amide bonds. The SMILES string of the molecule is CN1CCC(c2ccc(NC(=O)c3cccnc3Nc3ccc4cn[nH]c4c3)cc2)CC1. The standard InChI is InChI=1S/C25H26N6O/c1-31-13-10-18(11-14-31)17-4-7-20(8-5-17)29-25(32)22-3-2-12-26-24(22)28-21-9-6-19-16-27-30-23(19)15-21/h2-9,12,15-16,18H,10-11,13-14H2,1H3,(H,26,28)(H,27,30)(H,29,32). The fourth-order valence-electron chi connectivity index (χ4n) is 4.22. The summed E-state index contributed by atoms with van der Waals surface area (Å²) in [5.74, 6) is 0.902. The van der Waals surface area contributed by atoms with E-state index in [1.54, 1.807) is 24.5 Å². The Morgan fingerprint density at radius 3 is 2.66 bits per heavy atom. The van der Waals surface area contributed by atoms with Gasteiger partial charge >= 0.3 is 0 Å². The molecule has 7 heteroatoms. The van der Waals surface area contributed by atoms with Crippen LogP contribution in [0.1, 0.15) is 34.7 Å². The molecule has 2 aromatic carbocycles. The number of piperidine rings is 1. The number of carbonyl (C=O) groups excluding carboxylic acids is 1. The molecule has 1 saturated heterocycles. The molecule has 162 valence electrons. The lowest BCUT2D eigenvalue weighted by Crippen LogP contribution is -2.29. The highest BCUT2D eigenvalue weighted by Crippen LogP contribution is 2.28. The Morgan fingerprint density at radius 2 is 1.84 bits per heavy atom. The Morgan fingerprint density at radius 1 is 1.06 bits per heavy atom. The van der Waals surface area contributed by atoms with E-state index in [0.29, 0.717) is 17.3 Å². The molecule has 1 aliphatic heterocycles. The van der Waals surface area contributed by atoms with Crippen molar-refractivity contribution in [1.82, 2.24) is 20.1 Å². The van der Waals surface area contributed by atoms with E-state index in [-0.39, 0.29) is 5.91 Å². The number of hydrogen-bond acceptors (Lipinski definition) is 5. The summed E-state index contributed by atoms with van der Waals surface area (Å²) >= 11 is 0. The van der Waals surface area contributed by atoms with Gasteiger partial charge in [0.05, 0.1) is 17.3 Å². The number of benzene rings is 2. The van der Waals surface area contributed by atoms with Crippen LogP contribution in [0.2, 0.25) is 0 Å². The van der Waals surface area contributed by atoms with Gasteiger partial charge < -0.3 is 15.5 Å². The van der Waals surface area contributed by atoms with Crippen molar-refractivity contribution in [3.63, 3.8) is 0 Å². The number of anilines is 3. The zero-order chi connectivity index (χ0) is 21.9. The zero-order valence-corrected chi connectivity index (χ0v) is 18.0. The number of aromatic amines is 1. The molecule has 0 radical (unpaired) electrons. The molecule has 0 unspecified atom stereocenters. The van der Waals surface area contributed by atoms with Gasteiger partial charge in [0.25, 0.3) is 5.91 Å². The van der Waals surface area contributed by atoms with Crippen molar-refractivity contribution in [3.8, 4) is 0 Å². The van der Waals surface area contributed by atoms with Crippen LogP contribution in [-0.2, 0) is 0 Å². The Hall–Kier alpha value is -3.71. The van der Waals surface area contributed by atoms with Crippen molar-refractivity contribution in [2.75, 3.05) is 30.8 Å². The average Bonchev–Trinajstić information content (AvgIpc) is 3.28.